The van der Waals surface area contributed by atoms with E-state index >= 15 is 0 Å². The highest BCUT2D eigenvalue weighted by Crippen LogP contribution is 2.22. The first kappa shape index (κ1) is 17.6. The Kier molecular flexibility index (Phi) is 6.71. The van der Waals surface area contributed by atoms with Gasteiger partial charge in [-0.05, 0) is 50.5 Å². The van der Waals surface area contributed by atoms with Crippen molar-refractivity contribution in [2.45, 2.75) is 46.1 Å². The van der Waals surface area contributed by atoms with Crippen LogP contribution < -0.4 is 10.1 Å². The number of hydrogen-bond donors (Lipinski definition) is 1. The smallest absolute Gasteiger partial charge is 0.321 e. The van der Waals surface area contributed by atoms with Crippen LogP contribution in [0, 0.1) is 6.92 Å². The minimum atomic E-state index is -0.0647. The molecule has 1 atom stereocenters. The van der Waals surface area contributed by atoms with Crippen molar-refractivity contribution in [3.8, 4) is 5.75 Å². The van der Waals surface area contributed by atoms with Crippen molar-refractivity contribution in [3.63, 3.8) is 0 Å². The van der Waals surface area contributed by atoms with Gasteiger partial charge in [0.05, 0.1) is 12.7 Å². The molecule has 1 heterocycles. The van der Waals surface area contributed by atoms with E-state index < -0.39 is 0 Å². The van der Waals surface area contributed by atoms with Crippen molar-refractivity contribution in [3.05, 3.63) is 23.8 Å². The maximum Gasteiger partial charge on any atom is 0.321 e. The van der Waals surface area contributed by atoms with E-state index in [4.69, 9.17) is 9.47 Å². The zero-order chi connectivity index (χ0) is 16.7. The highest BCUT2D eigenvalue weighted by atomic mass is 16.5. The third-order valence-electron chi connectivity index (χ3n) is 3.95. The molecule has 1 aliphatic heterocycles. The van der Waals surface area contributed by atoms with Gasteiger partial charge in [-0.1, -0.05) is 13.3 Å². The maximum absolute atomic E-state index is 12.4. The summed E-state index contributed by atoms with van der Waals surface area (Å²) in [6, 6.07) is 5.73. The van der Waals surface area contributed by atoms with Crippen LogP contribution >= 0.6 is 0 Å². The predicted molar refractivity (Wildman–Crippen MR) is 92.2 cm³/mol. The molecule has 23 heavy (non-hydrogen) atoms. The van der Waals surface area contributed by atoms with Gasteiger partial charge in [0.15, 0.2) is 0 Å². The van der Waals surface area contributed by atoms with Crippen molar-refractivity contribution < 1.29 is 14.3 Å². The largest absolute Gasteiger partial charge is 0.494 e. The van der Waals surface area contributed by atoms with Gasteiger partial charge in [-0.25, -0.2) is 4.79 Å². The van der Waals surface area contributed by atoms with Crippen LogP contribution in [0.1, 0.15) is 38.7 Å². The van der Waals surface area contributed by atoms with Gasteiger partial charge in [0.2, 0.25) is 0 Å². The second kappa shape index (κ2) is 8.77. The summed E-state index contributed by atoms with van der Waals surface area (Å²) >= 11 is 0. The Labute approximate surface area is 139 Å². The van der Waals surface area contributed by atoms with Crippen LogP contribution in [-0.2, 0) is 4.74 Å². The van der Waals surface area contributed by atoms with Crippen molar-refractivity contribution in [2.24, 2.45) is 0 Å². The molecule has 0 aliphatic carbocycles. The lowest BCUT2D eigenvalue weighted by Gasteiger charge is -2.23. The molecule has 1 saturated heterocycles. The normalized spacial score (nSPS) is 18.4. The first-order valence-corrected chi connectivity index (χ1v) is 8.51. The number of nitrogens with one attached hydrogen (secondary N) is 1. The fraction of sp³-hybridized carbons (Fsp3) is 0.611. The quantitative estimate of drug-likeness (QED) is 0.839. The number of amides is 2. The van der Waals surface area contributed by atoms with Crippen molar-refractivity contribution in [1.29, 1.82) is 0 Å². The summed E-state index contributed by atoms with van der Waals surface area (Å²) in [6.07, 6.45) is 3.12. The Bertz CT molecular complexity index is 519. The number of carbonyl (C=O) groups excluding carboxylic acids is 1. The molecule has 0 aromatic heterocycles. The Hall–Kier alpha value is -1.75. The summed E-state index contributed by atoms with van der Waals surface area (Å²) in [5, 5.41) is 3.00. The molecule has 128 valence electrons. The molecule has 0 radical (unpaired) electrons. The van der Waals surface area contributed by atoms with E-state index in [1.54, 1.807) is 0 Å². The summed E-state index contributed by atoms with van der Waals surface area (Å²) in [5.74, 6) is 0.853. The standard InChI is InChI=1S/C18H28N2O3/c1-4-5-10-23-16-7-8-17(14(2)12-16)19-18(21)20-9-6-11-22-15(3)13-20/h7-8,12,15H,4-6,9-11,13H2,1-3H3,(H,19,21)/t15-/m0/s1. The van der Waals surface area contributed by atoms with E-state index in [-0.39, 0.29) is 12.1 Å². The fourth-order valence-corrected chi connectivity index (χ4v) is 2.57. The van der Waals surface area contributed by atoms with Crippen LogP contribution in [0.5, 0.6) is 5.75 Å². The summed E-state index contributed by atoms with van der Waals surface area (Å²) in [4.78, 5) is 14.3. The van der Waals surface area contributed by atoms with Crippen LogP contribution in [0.25, 0.3) is 0 Å². The molecule has 1 fully saturated rings. The predicted octanol–water partition coefficient (Wildman–Crippen LogP) is 3.82. The topological polar surface area (TPSA) is 50.8 Å². The number of ether oxygens (including phenoxy) is 2. The summed E-state index contributed by atoms with van der Waals surface area (Å²) in [6.45, 7) is 8.93. The van der Waals surface area contributed by atoms with Crippen molar-refractivity contribution in [1.82, 2.24) is 4.90 Å². The number of rotatable bonds is 5. The molecule has 5 nitrogen and oxygen atoms in total. The van der Waals surface area contributed by atoms with Gasteiger partial charge in [0.1, 0.15) is 5.75 Å². The van der Waals surface area contributed by atoms with E-state index in [1.807, 2.05) is 36.9 Å². The van der Waals surface area contributed by atoms with Crippen molar-refractivity contribution >= 4 is 11.7 Å². The Morgan fingerprint density at radius 2 is 2.30 bits per heavy atom. The summed E-state index contributed by atoms with van der Waals surface area (Å²) < 4.78 is 11.3. The number of benzene rings is 1. The number of anilines is 1. The zero-order valence-electron chi connectivity index (χ0n) is 14.4. The molecule has 0 bridgehead atoms. The molecule has 0 saturated carbocycles. The third-order valence-corrected chi connectivity index (χ3v) is 3.95. The second-order valence-corrected chi connectivity index (χ2v) is 6.09. The van der Waals surface area contributed by atoms with E-state index in [0.29, 0.717) is 13.2 Å². The molecule has 1 aromatic carbocycles. The lowest BCUT2D eigenvalue weighted by atomic mass is 10.2. The summed E-state index contributed by atoms with van der Waals surface area (Å²) in [7, 11) is 0. The van der Waals surface area contributed by atoms with E-state index in [0.717, 1.165) is 49.4 Å². The second-order valence-electron chi connectivity index (χ2n) is 6.09. The lowest BCUT2D eigenvalue weighted by Crippen LogP contribution is -2.39. The number of unbranched alkanes of at least 4 members (excludes halogenated alkanes) is 1. The fourth-order valence-electron chi connectivity index (χ4n) is 2.57. The molecule has 0 spiro atoms. The Morgan fingerprint density at radius 1 is 1.48 bits per heavy atom. The Balaban J connectivity index is 1.94. The molecule has 0 unspecified atom stereocenters. The van der Waals surface area contributed by atoms with Gasteiger partial charge in [-0.15, -0.1) is 0 Å². The molecule has 2 amide bonds. The number of hydrogen-bond acceptors (Lipinski definition) is 3. The maximum atomic E-state index is 12.4. The molecule has 5 heteroatoms. The molecule has 1 aromatic rings. The van der Waals surface area contributed by atoms with E-state index in [1.165, 1.54) is 0 Å². The number of carbonyl (C=O) groups is 1. The highest BCUT2D eigenvalue weighted by molar-refractivity contribution is 5.90. The average molecular weight is 320 g/mol. The monoisotopic (exact) mass is 320 g/mol. The number of urea groups is 1. The first-order chi connectivity index (χ1) is 11.1. The van der Waals surface area contributed by atoms with Gasteiger partial charge in [-0.2, -0.15) is 0 Å². The first-order valence-electron chi connectivity index (χ1n) is 8.51. The third kappa shape index (κ3) is 5.43. The van der Waals surface area contributed by atoms with Crippen LogP contribution in [-0.4, -0.2) is 43.3 Å². The van der Waals surface area contributed by atoms with E-state index in [2.05, 4.69) is 12.2 Å². The lowest BCUT2D eigenvalue weighted by molar-refractivity contribution is 0.0718. The Morgan fingerprint density at radius 3 is 3.04 bits per heavy atom. The van der Waals surface area contributed by atoms with Crippen LogP contribution in [0.3, 0.4) is 0 Å². The minimum absolute atomic E-state index is 0.0647. The molecule has 2 rings (SSSR count). The van der Waals surface area contributed by atoms with Gasteiger partial charge < -0.3 is 19.7 Å². The zero-order valence-corrected chi connectivity index (χ0v) is 14.4. The van der Waals surface area contributed by atoms with Gasteiger partial charge in [0.25, 0.3) is 0 Å². The SMILES string of the molecule is CCCCOc1ccc(NC(=O)N2CCCO[C@@H](C)C2)c(C)c1. The molecular formula is C18H28N2O3. The summed E-state index contributed by atoms with van der Waals surface area (Å²) in [5.41, 5.74) is 1.84. The van der Waals surface area contributed by atoms with E-state index in [9.17, 15) is 4.79 Å². The van der Waals surface area contributed by atoms with Crippen LogP contribution in [0.4, 0.5) is 10.5 Å². The van der Waals surface area contributed by atoms with Gasteiger partial charge in [0, 0.05) is 25.4 Å². The van der Waals surface area contributed by atoms with Gasteiger partial charge >= 0.3 is 6.03 Å². The molecule has 1 N–H and O–H groups in total. The van der Waals surface area contributed by atoms with Crippen LogP contribution in [0.2, 0.25) is 0 Å². The highest BCUT2D eigenvalue weighted by Gasteiger charge is 2.20. The number of nitrogens with zero attached hydrogens (tertiary/aromatic N) is 1. The number of aryl methyl sites for hydroxylation is 1. The minimum Gasteiger partial charge on any atom is -0.494 e. The van der Waals surface area contributed by atoms with Crippen LogP contribution in [0.15, 0.2) is 18.2 Å². The average Bonchev–Trinajstić information content (AvgIpc) is 2.75. The molecular weight excluding hydrogens is 292 g/mol. The van der Waals surface area contributed by atoms with Crippen molar-refractivity contribution in [2.75, 3.05) is 31.6 Å². The molecule has 1 aliphatic rings. The van der Waals surface area contributed by atoms with Gasteiger partial charge in [-0.3, -0.25) is 0 Å².